The molecule has 0 unspecified atom stereocenters. The maximum atomic E-state index is 13.5. The molecule has 0 aliphatic carbocycles. The van der Waals surface area contributed by atoms with Crippen molar-refractivity contribution in [2.45, 2.75) is 68.4 Å². The van der Waals surface area contributed by atoms with Crippen LogP contribution in [0, 0.1) is 10.2 Å². The van der Waals surface area contributed by atoms with Crippen LogP contribution in [0.5, 0.6) is 0 Å². The number of imidazole rings is 1. The average molecular weight is 430 g/mol. The Bertz CT molecular complexity index is 684. The van der Waals surface area contributed by atoms with Crippen LogP contribution < -0.4 is 0 Å². The fourth-order valence-electron chi connectivity index (χ4n) is 2.00. The van der Waals surface area contributed by atoms with E-state index in [1.807, 2.05) is 20.8 Å². The fourth-order valence-corrected chi connectivity index (χ4v) is 3.08. The Kier molecular flexibility index (Phi) is 6.34. The van der Waals surface area contributed by atoms with Crippen LogP contribution in [-0.4, -0.2) is 27.2 Å². The molecule has 2 nitrogen and oxygen atoms in total. The van der Waals surface area contributed by atoms with Gasteiger partial charge in [-0.25, -0.2) is 0 Å². The summed E-state index contributed by atoms with van der Waals surface area (Å²) in [6.07, 6.45) is -8.11. The monoisotopic (exact) mass is 430 g/mol. The number of alkyl halides is 7. The van der Waals surface area contributed by atoms with Crippen LogP contribution in [-0.2, 0) is 13.1 Å². The van der Waals surface area contributed by atoms with Crippen molar-refractivity contribution in [3.63, 3.8) is 0 Å². The van der Waals surface area contributed by atoms with E-state index >= 15 is 0 Å². The molecule has 1 rings (SSSR count). The maximum absolute atomic E-state index is 13.5. The van der Waals surface area contributed by atoms with Crippen molar-refractivity contribution >= 4 is 37.5 Å². The van der Waals surface area contributed by atoms with Crippen LogP contribution in [0.4, 0.5) is 30.7 Å². The molecule has 0 fully saturated rings. The van der Waals surface area contributed by atoms with Gasteiger partial charge in [-0.15, -0.1) is 25.3 Å². The van der Waals surface area contributed by atoms with E-state index in [1.54, 1.807) is 0 Å². The second kappa shape index (κ2) is 6.99. The minimum atomic E-state index is -6.35. The normalized spacial score (nSPS) is 14.2. The lowest BCUT2D eigenvalue weighted by Gasteiger charge is -2.28. The van der Waals surface area contributed by atoms with E-state index in [4.69, 9.17) is 12.2 Å². The van der Waals surface area contributed by atoms with Gasteiger partial charge in [0.15, 0.2) is 4.77 Å². The standard InChI is InChI=1S/C13H17F7N2S3/c1-10(2,3)6-22-8(24)7(23)21(9(22)25)5-4-11(14,15)12(16,17)13(18,19)20/h23-24H,4-6H2,1-3H3. The summed E-state index contributed by atoms with van der Waals surface area (Å²) in [5.41, 5.74) is -0.268. The van der Waals surface area contributed by atoms with Crippen molar-refractivity contribution < 1.29 is 30.7 Å². The first-order valence-electron chi connectivity index (χ1n) is 6.96. The molecule has 0 N–H and O–H groups in total. The largest absolute Gasteiger partial charge is 0.459 e. The molecule has 0 spiro atoms. The van der Waals surface area contributed by atoms with Gasteiger partial charge in [0.25, 0.3) is 0 Å². The number of aromatic nitrogens is 2. The highest BCUT2D eigenvalue weighted by Gasteiger charge is 2.72. The smallest absolute Gasteiger partial charge is 0.311 e. The van der Waals surface area contributed by atoms with E-state index in [0.717, 1.165) is 4.57 Å². The Hall–Kier alpha value is -0.360. The van der Waals surface area contributed by atoms with Crippen LogP contribution in [0.25, 0.3) is 0 Å². The molecule has 1 heterocycles. The average Bonchev–Trinajstić information content (AvgIpc) is 2.58. The van der Waals surface area contributed by atoms with Crippen molar-refractivity contribution in [1.82, 2.24) is 9.13 Å². The van der Waals surface area contributed by atoms with Crippen LogP contribution in [0.15, 0.2) is 10.1 Å². The molecule has 0 aliphatic heterocycles. The summed E-state index contributed by atoms with van der Waals surface area (Å²) in [4.78, 5) is 0. The van der Waals surface area contributed by atoms with Crippen LogP contribution in [0.1, 0.15) is 27.2 Å². The third-order valence-corrected chi connectivity index (χ3v) is 4.79. The Morgan fingerprint density at radius 3 is 1.72 bits per heavy atom. The van der Waals surface area contributed by atoms with Crippen molar-refractivity contribution in [3.05, 3.63) is 4.77 Å². The Morgan fingerprint density at radius 1 is 0.880 bits per heavy atom. The van der Waals surface area contributed by atoms with Gasteiger partial charge < -0.3 is 9.13 Å². The first-order valence-corrected chi connectivity index (χ1v) is 8.26. The molecule has 146 valence electrons. The van der Waals surface area contributed by atoms with Gasteiger partial charge in [-0.05, 0) is 17.6 Å². The number of nitrogens with zero attached hydrogens (tertiary/aromatic N) is 2. The topological polar surface area (TPSA) is 9.86 Å². The third kappa shape index (κ3) is 4.68. The fraction of sp³-hybridized carbons (Fsp3) is 0.769. The quantitative estimate of drug-likeness (QED) is 0.338. The maximum Gasteiger partial charge on any atom is 0.459 e. The van der Waals surface area contributed by atoms with Gasteiger partial charge in [0.2, 0.25) is 0 Å². The zero-order valence-corrected chi connectivity index (χ0v) is 16.1. The summed E-state index contributed by atoms with van der Waals surface area (Å²) >= 11 is 13.3. The molecule has 0 bridgehead atoms. The second-order valence-corrected chi connectivity index (χ2v) is 7.97. The van der Waals surface area contributed by atoms with E-state index in [1.165, 1.54) is 4.57 Å². The highest BCUT2D eigenvalue weighted by Crippen LogP contribution is 2.48. The molecule has 0 saturated carbocycles. The number of halogens is 7. The SMILES string of the molecule is CC(C)(C)Cn1c(S)c(S)n(CCC(F)(F)C(F)(F)C(F)(F)F)c1=S. The van der Waals surface area contributed by atoms with Crippen molar-refractivity contribution in [3.8, 4) is 0 Å². The summed E-state index contributed by atoms with van der Waals surface area (Å²) in [6.45, 7) is 5.09. The predicted molar refractivity (Wildman–Crippen MR) is 87.8 cm³/mol. The molecule has 0 radical (unpaired) electrons. The number of hydrogen-bond donors (Lipinski definition) is 2. The van der Waals surface area contributed by atoms with E-state index in [0.29, 0.717) is 6.54 Å². The lowest BCUT2D eigenvalue weighted by atomic mass is 9.97. The number of thiol groups is 2. The molecule has 0 atom stereocenters. The lowest BCUT2D eigenvalue weighted by Crippen LogP contribution is -2.52. The van der Waals surface area contributed by atoms with Gasteiger partial charge >= 0.3 is 18.0 Å². The molecule has 1 aromatic heterocycles. The minimum Gasteiger partial charge on any atom is -0.311 e. The summed E-state index contributed by atoms with van der Waals surface area (Å²) in [5.74, 6) is -11.4. The molecular weight excluding hydrogens is 413 g/mol. The molecule has 1 aromatic rings. The molecule has 0 aromatic carbocycles. The first kappa shape index (κ1) is 22.7. The lowest BCUT2D eigenvalue weighted by molar-refractivity contribution is -0.356. The summed E-state index contributed by atoms with van der Waals surface area (Å²) in [5, 5.41) is 0.234. The highest BCUT2D eigenvalue weighted by molar-refractivity contribution is 7.83. The molecular formula is C13H17F7N2S3. The summed E-state index contributed by atoms with van der Waals surface area (Å²) in [7, 11) is 0. The molecule has 0 amide bonds. The van der Waals surface area contributed by atoms with Crippen molar-refractivity contribution in [2.75, 3.05) is 0 Å². The van der Waals surface area contributed by atoms with Crippen LogP contribution in [0.2, 0.25) is 0 Å². The van der Waals surface area contributed by atoms with E-state index in [2.05, 4.69) is 25.3 Å². The van der Waals surface area contributed by atoms with Crippen molar-refractivity contribution in [1.29, 1.82) is 0 Å². The molecule has 25 heavy (non-hydrogen) atoms. The second-order valence-electron chi connectivity index (χ2n) is 6.75. The highest BCUT2D eigenvalue weighted by atomic mass is 32.1. The zero-order chi connectivity index (χ0) is 20.0. The number of hydrogen-bond acceptors (Lipinski definition) is 3. The van der Waals surface area contributed by atoms with Gasteiger partial charge in [0.05, 0.1) is 0 Å². The minimum absolute atomic E-state index is 0.0173. The number of rotatable bonds is 5. The van der Waals surface area contributed by atoms with Gasteiger partial charge in [-0.3, -0.25) is 0 Å². The predicted octanol–water partition coefficient (Wildman–Crippen LogP) is 5.87. The van der Waals surface area contributed by atoms with E-state index < -0.39 is 31.0 Å². The molecule has 0 aliphatic rings. The third-order valence-electron chi connectivity index (χ3n) is 3.27. The zero-order valence-electron chi connectivity index (χ0n) is 13.5. The summed E-state index contributed by atoms with van der Waals surface area (Å²) < 4.78 is 91.8. The summed E-state index contributed by atoms with van der Waals surface area (Å²) in [6, 6.07) is 0. The van der Waals surface area contributed by atoms with Gasteiger partial charge in [0, 0.05) is 19.5 Å². The van der Waals surface area contributed by atoms with E-state index in [9.17, 15) is 30.7 Å². The van der Waals surface area contributed by atoms with Gasteiger partial charge in [-0.1, -0.05) is 20.8 Å². The van der Waals surface area contributed by atoms with Crippen LogP contribution >= 0.6 is 37.5 Å². The van der Waals surface area contributed by atoms with Crippen molar-refractivity contribution in [2.24, 2.45) is 5.41 Å². The Balaban J connectivity index is 3.14. The van der Waals surface area contributed by atoms with Gasteiger partial charge in [0.1, 0.15) is 10.1 Å². The van der Waals surface area contributed by atoms with Gasteiger partial charge in [-0.2, -0.15) is 30.7 Å². The van der Waals surface area contributed by atoms with Crippen LogP contribution in [0.3, 0.4) is 0 Å². The molecule has 12 heteroatoms. The first-order chi connectivity index (χ1) is 10.9. The molecule has 0 saturated heterocycles. The Labute approximate surface area is 156 Å². The Morgan fingerprint density at radius 2 is 1.32 bits per heavy atom. The van der Waals surface area contributed by atoms with E-state index in [-0.39, 0.29) is 20.2 Å².